The molecule has 15 heavy (non-hydrogen) atoms. The minimum Gasteiger partial charge on any atom is -0.394 e. The molecule has 0 fully saturated rings. The first kappa shape index (κ1) is 12.2. The second kappa shape index (κ2) is 6.55. The Morgan fingerprint density at radius 3 is 3.07 bits per heavy atom. The first-order valence-corrected chi connectivity index (χ1v) is 5.27. The monoisotopic (exact) mass is 213 g/mol. The van der Waals surface area contributed by atoms with E-state index in [2.05, 4.69) is 17.3 Å². The van der Waals surface area contributed by atoms with E-state index in [4.69, 9.17) is 10.2 Å². The van der Waals surface area contributed by atoms with E-state index in [1.807, 2.05) is 17.1 Å². The van der Waals surface area contributed by atoms with Gasteiger partial charge in [-0.05, 0) is 6.42 Å². The van der Waals surface area contributed by atoms with Crippen molar-refractivity contribution in [1.29, 1.82) is 0 Å². The summed E-state index contributed by atoms with van der Waals surface area (Å²) in [5, 5.41) is 24.9. The van der Waals surface area contributed by atoms with Gasteiger partial charge in [0.25, 0.3) is 0 Å². The first-order valence-electron chi connectivity index (χ1n) is 5.27. The molecule has 0 saturated heterocycles. The summed E-state index contributed by atoms with van der Waals surface area (Å²) in [7, 11) is 0. The molecule has 86 valence electrons. The van der Waals surface area contributed by atoms with Crippen LogP contribution in [-0.2, 0) is 13.1 Å². The Bertz CT molecular complexity index is 275. The highest BCUT2D eigenvalue weighted by molar-refractivity contribution is 5.03. The lowest BCUT2D eigenvalue weighted by molar-refractivity contribution is 0.0942. The molecule has 1 aromatic heterocycles. The van der Waals surface area contributed by atoms with Gasteiger partial charge in [-0.1, -0.05) is 6.92 Å². The highest BCUT2D eigenvalue weighted by Crippen LogP contribution is 1.98. The van der Waals surface area contributed by atoms with Crippen molar-refractivity contribution in [3.8, 4) is 0 Å². The zero-order chi connectivity index (χ0) is 11.1. The predicted molar refractivity (Wildman–Crippen MR) is 57.3 cm³/mol. The van der Waals surface area contributed by atoms with E-state index in [1.165, 1.54) is 0 Å². The third kappa shape index (κ3) is 4.42. The largest absolute Gasteiger partial charge is 0.394 e. The third-order valence-electron chi connectivity index (χ3n) is 2.06. The molecule has 1 aromatic rings. The van der Waals surface area contributed by atoms with Crippen molar-refractivity contribution in [2.45, 2.75) is 32.5 Å². The van der Waals surface area contributed by atoms with E-state index < -0.39 is 6.10 Å². The molecule has 1 rings (SSSR count). The molecule has 1 heterocycles. The maximum absolute atomic E-state index is 9.09. The summed E-state index contributed by atoms with van der Waals surface area (Å²) in [6, 6.07) is 0. The van der Waals surface area contributed by atoms with Crippen LogP contribution in [0.25, 0.3) is 0 Å². The van der Waals surface area contributed by atoms with Crippen LogP contribution in [0, 0.1) is 0 Å². The summed E-state index contributed by atoms with van der Waals surface area (Å²) in [6.07, 6.45) is 4.18. The Morgan fingerprint density at radius 2 is 2.40 bits per heavy atom. The summed E-state index contributed by atoms with van der Waals surface area (Å²) in [5.41, 5.74) is 1.09. The van der Waals surface area contributed by atoms with Crippen LogP contribution in [-0.4, -0.2) is 39.2 Å². The normalized spacial score (nSPS) is 13.0. The maximum atomic E-state index is 9.09. The van der Waals surface area contributed by atoms with Crippen molar-refractivity contribution in [2.24, 2.45) is 0 Å². The fraction of sp³-hybridized carbons (Fsp3) is 0.700. The van der Waals surface area contributed by atoms with Gasteiger partial charge in [-0.3, -0.25) is 4.68 Å². The Morgan fingerprint density at radius 1 is 1.60 bits per heavy atom. The van der Waals surface area contributed by atoms with Gasteiger partial charge in [0, 0.05) is 31.4 Å². The number of aliphatic hydroxyl groups excluding tert-OH is 2. The SMILES string of the molecule is CCCn1cc(CNCC(O)CO)cn1. The number of hydrogen-bond acceptors (Lipinski definition) is 4. The average Bonchev–Trinajstić information content (AvgIpc) is 2.66. The minimum atomic E-state index is -0.685. The Hall–Kier alpha value is -0.910. The number of nitrogens with zero attached hydrogens (tertiary/aromatic N) is 2. The van der Waals surface area contributed by atoms with Crippen molar-refractivity contribution >= 4 is 0 Å². The van der Waals surface area contributed by atoms with E-state index in [9.17, 15) is 0 Å². The lowest BCUT2D eigenvalue weighted by Crippen LogP contribution is -2.28. The van der Waals surface area contributed by atoms with Crippen LogP contribution in [0.1, 0.15) is 18.9 Å². The second-order valence-corrected chi connectivity index (χ2v) is 3.58. The van der Waals surface area contributed by atoms with Crippen molar-refractivity contribution in [2.75, 3.05) is 13.2 Å². The molecular formula is C10H19N3O2. The van der Waals surface area contributed by atoms with E-state index in [0.29, 0.717) is 13.1 Å². The van der Waals surface area contributed by atoms with Crippen LogP contribution in [0.2, 0.25) is 0 Å². The number of aryl methyl sites for hydroxylation is 1. The zero-order valence-electron chi connectivity index (χ0n) is 9.06. The maximum Gasteiger partial charge on any atom is 0.0895 e. The molecule has 0 bridgehead atoms. The van der Waals surface area contributed by atoms with Crippen LogP contribution in [0.5, 0.6) is 0 Å². The van der Waals surface area contributed by atoms with Crippen LogP contribution in [0.3, 0.4) is 0 Å². The first-order chi connectivity index (χ1) is 7.26. The number of rotatable bonds is 7. The van der Waals surface area contributed by atoms with E-state index >= 15 is 0 Å². The van der Waals surface area contributed by atoms with Crippen molar-refractivity contribution < 1.29 is 10.2 Å². The van der Waals surface area contributed by atoms with Crippen LogP contribution >= 0.6 is 0 Å². The zero-order valence-corrected chi connectivity index (χ0v) is 9.06. The van der Waals surface area contributed by atoms with E-state index in [1.54, 1.807) is 0 Å². The van der Waals surface area contributed by atoms with Gasteiger partial charge in [0.2, 0.25) is 0 Å². The Labute approximate surface area is 89.7 Å². The highest BCUT2D eigenvalue weighted by Gasteiger charge is 2.01. The fourth-order valence-electron chi connectivity index (χ4n) is 1.30. The Kier molecular flexibility index (Phi) is 5.31. The van der Waals surface area contributed by atoms with Crippen molar-refractivity contribution in [3.63, 3.8) is 0 Å². The number of nitrogens with one attached hydrogen (secondary N) is 1. The van der Waals surface area contributed by atoms with Crippen LogP contribution < -0.4 is 5.32 Å². The number of hydrogen-bond donors (Lipinski definition) is 3. The number of aliphatic hydroxyl groups is 2. The summed E-state index contributed by atoms with van der Waals surface area (Å²) >= 11 is 0. The summed E-state index contributed by atoms with van der Waals surface area (Å²) in [6.45, 7) is 3.90. The molecule has 0 aromatic carbocycles. The lowest BCUT2D eigenvalue weighted by atomic mass is 10.3. The standard InChI is InChI=1S/C10H19N3O2/c1-2-3-13-7-9(5-12-13)4-11-6-10(15)8-14/h5,7,10-11,14-15H,2-4,6,8H2,1H3. The lowest BCUT2D eigenvalue weighted by Gasteiger charge is -2.07. The fourth-order valence-corrected chi connectivity index (χ4v) is 1.30. The molecule has 0 spiro atoms. The highest BCUT2D eigenvalue weighted by atomic mass is 16.3. The van der Waals surface area contributed by atoms with Gasteiger partial charge in [-0.25, -0.2) is 0 Å². The molecule has 0 radical (unpaired) electrons. The summed E-state index contributed by atoms with van der Waals surface area (Å²) in [4.78, 5) is 0. The molecule has 5 heteroatoms. The third-order valence-corrected chi connectivity index (χ3v) is 2.06. The van der Waals surface area contributed by atoms with Crippen molar-refractivity contribution in [3.05, 3.63) is 18.0 Å². The van der Waals surface area contributed by atoms with Gasteiger partial charge in [0.15, 0.2) is 0 Å². The predicted octanol–water partition coefficient (Wildman–Crippen LogP) is -0.264. The van der Waals surface area contributed by atoms with Gasteiger partial charge in [0.1, 0.15) is 0 Å². The van der Waals surface area contributed by atoms with E-state index in [-0.39, 0.29) is 6.61 Å². The van der Waals surface area contributed by atoms with Gasteiger partial charge in [0.05, 0.1) is 18.9 Å². The topological polar surface area (TPSA) is 70.3 Å². The average molecular weight is 213 g/mol. The van der Waals surface area contributed by atoms with Crippen LogP contribution in [0.4, 0.5) is 0 Å². The van der Waals surface area contributed by atoms with Gasteiger partial charge >= 0.3 is 0 Å². The quantitative estimate of drug-likeness (QED) is 0.583. The Balaban J connectivity index is 2.25. The molecule has 0 aliphatic heterocycles. The molecule has 0 aliphatic rings. The summed E-state index contributed by atoms with van der Waals surface area (Å²) in [5.74, 6) is 0. The molecule has 0 amide bonds. The second-order valence-electron chi connectivity index (χ2n) is 3.58. The van der Waals surface area contributed by atoms with Gasteiger partial charge in [-0.2, -0.15) is 5.10 Å². The number of aromatic nitrogens is 2. The molecule has 1 unspecified atom stereocenters. The molecule has 0 saturated carbocycles. The minimum absolute atomic E-state index is 0.206. The molecule has 0 aliphatic carbocycles. The van der Waals surface area contributed by atoms with Crippen molar-refractivity contribution in [1.82, 2.24) is 15.1 Å². The molecular weight excluding hydrogens is 194 g/mol. The smallest absolute Gasteiger partial charge is 0.0895 e. The van der Waals surface area contributed by atoms with Gasteiger partial charge < -0.3 is 15.5 Å². The van der Waals surface area contributed by atoms with Gasteiger partial charge in [-0.15, -0.1) is 0 Å². The molecule has 3 N–H and O–H groups in total. The van der Waals surface area contributed by atoms with Crippen LogP contribution in [0.15, 0.2) is 12.4 Å². The molecule has 1 atom stereocenters. The molecule has 5 nitrogen and oxygen atoms in total. The van der Waals surface area contributed by atoms with E-state index in [0.717, 1.165) is 18.5 Å². The summed E-state index contributed by atoms with van der Waals surface area (Å²) < 4.78 is 1.90.